The van der Waals surface area contributed by atoms with E-state index in [9.17, 15) is 13.2 Å². The van der Waals surface area contributed by atoms with Gasteiger partial charge < -0.3 is 15.2 Å². The number of ether oxygens (including phenoxy) is 1. The fourth-order valence-corrected chi connectivity index (χ4v) is 5.90. The number of aliphatic carboxylic acids is 1. The lowest BCUT2D eigenvalue weighted by atomic mass is 10.0. The number of carboxylic acid groups (broad SMARTS) is 1. The first kappa shape index (κ1) is 26.1. The first-order chi connectivity index (χ1) is 16.3. The first-order valence-corrected chi connectivity index (χ1v) is 14.1. The quantitative estimate of drug-likeness (QED) is 0.251. The molecule has 0 aliphatic heterocycles. The number of benzene rings is 3. The standard InChI is InChI=1S/C26H31NO5S2/c1-20-18-23(10-11-25(20)32-19-26(28)29)33-15-14-27-13-5-16-34(30,31)17-12-22-8-4-7-21-6-2-3-9-24(21)22/h2-4,6-11,18,27H,5,12-17,19H2,1H3,(H,28,29). The molecule has 0 atom stereocenters. The summed E-state index contributed by atoms with van der Waals surface area (Å²) in [6, 6.07) is 19.8. The Bertz CT molecular complexity index is 1210. The minimum Gasteiger partial charge on any atom is -0.482 e. The molecule has 2 N–H and O–H groups in total. The lowest BCUT2D eigenvalue weighted by Crippen LogP contribution is -2.22. The highest BCUT2D eigenvalue weighted by atomic mass is 32.2. The Kier molecular flexibility index (Phi) is 9.80. The van der Waals surface area contributed by atoms with Crippen LogP contribution < -0.4 is 10.1 Å². The smallest absolute Gasteiger partial charge is 0.341 e. The number of hydrogen-bond donors (Lipinski definition) is 2. The predicted molar refractivity (Wildman–Crippen MR) is 139 cm³/mol. The van der Waals surface area contributed by atoms with E-state index in [1.165, 1.54) is 0 Å². The number of thioether (sulfide) groups is 1. The molecule has 0 unspecified atom stereocenters. The second-order valence-corrected chi connectivity index (χ2v) is 11.6. The molecule has 0 fully saturated rings. The highest BCUT2D eigenvalue weighted by Gasteiger charge is 2.12. The van der Waals surface area contributed by atoms with E-state index in [1.54, 1.807) is 17.8 Å². The van der Waals surface area contributed by atoms with Crippen molar-refractivity contribution >= 4 is 38.3 Å². The first-order valence-electron chi connectivity index (χ1n) is 11.3. The van der Waals surface area contributed by atoms with Crippen LogP contribution in [0.4, 0.5) is 0 Å². The van der Waals surface area contributed by atoms with Gasteiger partial charge in [0.1, 0.15) is 5.75 Å². The van der Waals surface area contributed by atoms with E-state index in [2.05, 4.69) is 5.32 Å². The maximum absolute atomic E-state index is 12.5. The van der Waals surface area contributed by atoms with Crippen LogP contribution in [0.2, 0.25) is 0 Å². The average molecular weight is 502 g/mol. The summed E-state index contributed by atoms with van der Waals surface area (Å²) in [6.45, 7) is 2.97. The fraction of sp³-hybridized carbons (Fsp3) is 0.346. The molecule has 182 valence electrons. The topological polar surface area (TPSA) is 92.7 Å². The number of carboxylic acids is 1. The molecule has 0 aliphatic rings. The maximum atomic E-state index is 12.5. The Morgan fingerprint density at radius 3 is 2.62 bits per heavy atom. The Balaban J connectivity index is 1.32. The van der Waals surface area contributed by atoms with Gasteiger partial charge in [-0.05, 0) is 66.4 Å². The molecule has 0 amide bonds. The monoisotopic (exact) mass is 501 g/mol. The molecule has 0 aliphatic carbocycles. The van der Waals surface area contributed by atoms with Crippen molar-refractivity contribution in [2.75, 3.05) is 37.0 Å². The molecular formula is C26H31NO5S2. The van der Waals surface area contributed by atoms with Gasteiger partial charge in [-0.15, -0.1) is 11.8 Å². The third-order valence-corrected chi connectivity index (χ3v) is 8.15. The number of carbonyl (C=O) groups is 1. The summed E-state index contributed by atoms with van der Waals surface area (Å²) < 4.78 is 30.2. The molecule has 8 heteroatoms. The van der Waals surface area contributed by atoms with Gasteiger partial charge in [-0.1, -0.05) is 42.5 Å². The van der Waals surface area contributed by atoms with Crippen molar-refractivity contribution in [3.8, 4) is 5.75 Å². The van der Waals surface area contributed by atoms with E-state index in [4.69, 9.17) is 9.84 Å². The number of hydrogen-bond acceptors (Lipinski definition) is 6. The molecule has 0 aromatic heterocycles. The van der Waals surface area contributed by atoms with Crippen molar-refractivity contribution < 1.29 is 23.1 Å². The summed E-state index contributed by atoms with van der Waals surface area (Å²) in [5, 5.41) is 14.3. The molecule has 3 rings (SSSR count). The van der Waals surface area contributed by atoms with Gasteiger partial charge in [0.25, 0.3) is 0 Å². The molecular weight excluding hydrogens is 470 g/mol. The maximum Gasteiger partial charge on any atom is 0.341 e. The summed E-state index contributed by atoms with van der Waals surface area (Å²) in [6.07, 6.45) is 1.13. The zero-order valence-corrected chi connectivity index (χ0v) is 21.0. The number of aryl methyl sites for hydroxylation is 2. The molecule has 34 heavy (non-hydrogen) atoms. The summed E-state index contributed by atoms with van der Waals surface area (Å²) in [7, 11) is -3.10. The van der Waals surface area contributed by atoms with Gasteiger partial charge in [0.15, 0.2) is 16.4 Å². The van der Waals surface area contributed by atoms with Crippen molar-refractivity contribution in [2.24, 2.45) is 0 Å². The molecule has 0 saturated heterocycles. The predicted octanol–water partition coefficient (Wildman–Crippen LogP) is 4.34. The molecule has 0 bridgehead atoms. The Hall–Kier alpha value is -2.55. The zero-order chi connectivity index (χ0) is 24.4. The van der Waals surface area contributed by atoms with Crippen molar-refractivity contribution in [3.05, 3.63) is 71.8 Å². The van der Waals surface area contributed by atoms with E-state index in [-0.39, 0.29) is 18.1 Å². The van der Waals surface area contributed by atoms with Crippen LogP contribution in [-0.2, 0) is 21.1 Å². The highest BCUT2D eigenvalue weighted by Crippen LogP contribution is 2.25. The van der Waals surface area contributed by atoms with E-state index in [1.807, 2.05) is 61.5 Å². The normalized spacial score (nSPS) is 11.6. The number of fused-ring (bicyclic) bond motifs is 1. The third-order valence-electron chi connectivity index (χ3n) is 5.42. The van der Waals surface area contributed by atoms with E-state index in [0.29, 0.717) is 25.1 Å². The highest BCUT2D eigenvalue weighted by molar-refractivity contribution is 7.99. The molecule has 6 nitrogen and oxygen atoms in total. The molecule has 0 saturated carbocycles. The van der Waals surface area contributed by atoms with E-state index >= 15 is 0 Å². The average Bonchev–Trinajstić information content (AvgIpc) is 2.81. The van der Waals surface area contributed by atoms with Gasteiger partial charge in [-0.25, -0.2) is 13.2 Å². The minimum atomic E-state index is -3.10. The van der Waals surface area contributed by atoms with Crippen LogP contribution in [0, 0.1) is 6.92 Å². The minimum absolute atomic E-state index is 0.169. The number of rotatable bonds is 14. The summed E-state index contributed by atoms with van der Waals surface area (Å²) in [5.41, 5.74) is 1.97. The number of sulfone groups is 1. The van der Waals surface area contributed by atoms with E-state index in [0.717, 1.165) is 39.1 Å². The van der Waals surface area contributed by atoms with Crippen LogP contribution >= 0.6 is 11.8 Å². The lowest BCUT2D eigenvalue weighted by molar-refractivity contribution is -0.139. The second kappa shape index (κ2) is 12.8. The van der Waals surface area contributed by atoms with Crippen molar-refractivity contribution in [1.29, 1.82) is 0 Å². The van der Waals surface area contributed by atoms with Gasteiger partial charge >= 0.3 is 5.97 Å². The van der Waals surface area contributed by atoms with Crippen molar-refractivity contribution in [2.45, 2.75) is 24.7 Å². The summed E-state index contributed by atoms with van der Waals surface area (Å²) in [5.74, 6) is 0.785. The Morgan fingerprint density at radius 2 is 1.82 bits per heavy atom. The van der Waals surface area contributed by atoms with Crippen LogP contribution in [0.1, 0.15) is 17.5 Å². The van der Waals surface area contributed by atoms with Gasteiger partial charge in [0.05, 0.1) is 11.5 Å². The largest absolute Gasteiger partial charge is 0.482 e. The molecule has 3 aromatic rings. The zero-order valence-electron chi connectivity index (χ0n) is 19.3. The second-order valence-electron chi connectivity index (χ2n) is 8.10. The molecule has 0 spiro atoms. The molecule has 3 aromatic carbocycles. The van der Waals surface area contributed by atoms with Gasteiger partial charge in [0.2, 0.25) is 0 Å². The van der Waals surface area contributed by atoms with Crippen LogP contribution in [0.15, 0.2) is 65.6 Å². The molecule has 0 heterocycles. The van der Waals surface area contributed by atoms with Gasteiger partial charge in [0, 0.05) is 17.2 Å². The van der Waals surface area contributed by atoms with Crippen molar-refractivity contribution in [3.63, 3.8) is 0 Å². The lowest BCUT2D eigenvalue weighted by Gasteiger charge is -2.10. The van der Waals surface area contributed by atoms with E-state index < -0.39 is 15.8 Å². The fourth-order valence-electron chi connectivity index (χ4n) is 3.67. The van der Waals surface area contributed by atoms with Crippen LogP contribution in [-0.4, -0.2) is 56.4 Å². The molecule has 0 radical (unpaired) electrons. The SMILES string of the molecule is Cc1cc(SCCNCCCS(=O)(=O)CCc2cccc3ccccc23)ccc1OCC(=O)O. The Morgan fingerprint density at radius 1 is 1.03 bits per heavy atom. The Labute approximate surface area is 205 Å². The third kappa shape index (κ3) is 8.34. The van der Waals surface area contributed by atoms with Gasteiger partial charge in [-0.2, -0.15) is 0 Å². The summed E-state index contributed by atoms with van der Waals surface area (Å²) in [4.78, 5) is 11.7. The number of nitrogens with one attached hydrogen (secondary N) is 1. The van der Waals surface area contributed by atoms with Crippen LogP contribution in [0.5, 0.6) is 5.75 Å². The van der Waals surface area contributed by atoms with Crippen LogP contribution in [0.25, 0.3) is 10.8 Å². The van der Waals surface area contributed by atoms with Gasteiger partial charge in [-0.3, -0.25) is 0 Å². The van der Waals surface area contributed by atoms with Crippen LogP contribution in [0.3, 0.4) is 0 Å². The summed E-state index contributed by atoms with van der Waals surface area (Å²) >= 11 is 1.69. The van der Waals surface area contributed by atoms with Crippen molar-refractivity contribution in [1.82, 2.24) is 5.32 Å².